The molecule has 0 fully saturated rings. The van der Waals surface area contributed by atoms with E-state index < -0.39 is 0 Å². The summed E-state index contributed by atoms with van der Waals surface area (Å²) in [6, 6.07) is 49.3. The summed E-state index contributed by atoms with van der Waals surface area (Å²) in [7, 11) is 5.57. The van der Waals surface area contributed by atoms with Gasteiger partial charge in [-0.15, -0.1) is 0 Å². The van der Waals surface area contributed by atoms with E-state index in [2.05, 4.69) is 133 Å². The topological polar surface area (TPSA) is 95.4 Å². The molecule has 1 aliphatic rings. The highest BCUT2D eigenvalue weighted by molar-refractivity contribution is 6.09. The maximum atomic E-state index is 5.02. The summed E-state index contributed by atoms with van der Waals surface area (Å²) >= 11 is 0. The Labute approximate surface area is 334 Å². The van der Waals surface area contributed by atoms with Crippen molar-refractivity contribution in [2.75, 3.05) is 4.90 Å². The van der Waals surface area contributed by atoms with Crippen molar-refractivity contribution in [3.8, 4) is 44.5 Å². The van der Waals surface area contributed by atoms with Crippen LogP contribution in [0.15, 0.2) is 140 Å². The Kier molecular flexibility index (Phi) is 7.31. The van der Waals surface area contributed by atoms with Crippen LogP contribution in [0.3, 0.4) is 0 Å². The van der Waals surface area contributed by atoms with E-state index in [1.54, 1.807) is 14.4 Å². The Bertz CT molecular complexity index is 3240. The van der Waals surface area contributed by atoms with Crippen LogP contribution in [0.4, 0.5) is 17.1 Å². The lowest BCUT2D eigenvalue weighted by Gasteiger charge is -2.26. The molecule has 0 saturated carbocycles. The van der Waals surface area contributed by atoms with Crippen molar-refractivity contribution in [1.82, 2.24) is 45.0 Å². The Balaban J connectivity index is 1.05. The van der Waals surface area contributed by atoms with Gasteiger partial charge < -0.3 is 4.90 Å². The van der Waals surface area contributed by atoms with E-state index in [9.17, 15) is 0 Å². The molecular weight excluding hydrogens is 717 g/mol. The van der Waals surface area contributed by atoms with E-state index in [4.69, 9.17) is 25.5 Å². The lowest BCUT2D eigenvalue weighted by atomic mass is 9.81. The van der Waals surface area contributed by atoms with Gasteiger partial charge in [0.1, 0.15) is 33.1 Å². The van der Waals surface area contributed by atoms with Gasteiger partial charge in [0.15, 0.2) is 0 Å². The van der Waals surface area contributed by atoms with Crippen LogP contribution >= 0.6 is 0 Å². The van der Waals surface area contributed by atoms with Crippen molar-refractivity contribution >= 4 is 50.2 Å². The monoisotopic (exact) mass is 754 g/mol. The fourth-order valence-electron chi connectivity index (χ4n) is 8.93. The van der Waals surface area contributed by atoms with Gasteiger partial charge in [-0.25, -0.2) is 0 Å². The van der Waals surface area contributed by atoms with Crippen molar-refractivity contribution in [3.63, 3.8) is 0 Å². The standard InChI is InChI=1S/C48H38N10/c1-48(2)37-15-10-9-14-35(37)36-23-22-32(28-38(36)48)29-18-20-31(21-19-29)34-25-27-42(47-44(34)51-57(5)54-47)58(40-17-11-16-39-45(40)52-55(3)49-39)41-26-24-33(30-12-7-6-8-13-30)43-46(41)53-56(4)50-43/h6-28H,1-5H3. The normalized spacial score (nSPS) is 13.1. The molecule has 0 spiro atoms. The van der Waals surface area contributed by atoms with Crippen LogP contribution in [0.2, 0.25) is 0 Å². The first-order valence-electron chi connectivity index (χ1n) is 19.4. The number of hydrogen-bond donors (Lipinski definition) is 0. The second-order valence-electron chi connectivity index (χ2n) is 15.6. The molecule has 10 nitrogen and oxygen atoms in total. The van der Waals surface area contributed by atoms with Gasteiger partial charge in [0, 0.05) is 37.7 Å². The highest BCUT2D eigenvalue weighted by Gasteiger charge is 2.35. The van der Waals surface area contributed by atoms with Crippen molar-refractivity contribution < 1.29 is 0 Å². The maximum Gasteiger partial charge on any atom is 0.137 e. The number of aryl methyl sites for hydroxylation is 3. The smallest absolute Gasteiger partial charge is 0.137 e. The molecule has 0 radical (unpaired) electrons. The number of aromatic nitrogens is 9. The van der Waals surface area contributed by atoms with Crippen LogP contribution in [-0.2, 0) is 26.6 Å². The molecule has 0 amide bonds. The molecule has 58 heavy (non-hydrogen) atoms. The predicted molar refractivity (Wildman–Crippen MR) is 231 cm³/mol. The van der Waals surface area contributed by atoms with Gasteiger partial charge in [-0.2, -0.15) is 45.0 Å². The molecule has 10 aromatic rings. The number of nitrogens with zero attached hydrogens (tertiary/aromatic N) is 10. The van der Waals surface area contributed by atoms with Gasteiger partial charge in [0.05, 0.1) is 17.1 Å². The third-order valence-corrected chi connectivity index (χ3v) is 11.6. The Morgan fingerprint density at radius 2 is 0.879 bits per heavy atom. The summed E-state index contributed by atoms with van der Waals surface area (Å²) < 4.78 is 0. The molecule has 7 aromatic carbocycles. The first-order valence-corrected chi connectivity index (χ1v) is 19.4. The van der Waals surface area contributed by atoms with E-state index in [1.165, 1.54) is 33.4 Å². The molecule has 3 heterocycles. The highest BCUT2D eigenvalue weighted by atomic mass is 15.5. The van der Waals surface area contributed by atoms with Gasteiger partial charge in [-0.1, -0.05) is 111 Å². The van der Waals surface area contributed by atoms with E-state index in [-0.39, 0.29) is 5.41 Å². The third-order valence-electron chi connectivity index (χ3n) is 11.6. The Hall–Kier alpha value is -7.46. The molecular formula is C48H38N10. The average molecular weight is 755 g/mol. The summed E-state index contributed by atoms with van der Waals surface area (Å²) in [6.07, 6.45) is 0. The van der Waals surface area contributed by atoms with Crippen LogP contribution < -0.4 is 4.90 Å². The molecule has 0 N–H and O–H groups in total. The summed E-state index contributed by atoms with van der Waals surface area (Å²) in [5.74, 6) is 0. The SMILES string of the molecule is Cn1nc2cccc(N(c3ccc(-c4ccccc4)c4nn(C)nc34)c3ccc(-c4ccc(-c5ccc6c(c5)C(C)(C)c5ccccc5-6)cc4)c4nn(C)nc34)c2n1. The minimum atomic E-state index is -0.0590. The Morgan fingerprint density at radius 3 is 1.57 bits per heavy atom. The molecule has 10 heteroatoms. The van der Waals surface area contributed by atoms with Gasteiger partial charge in [0.2, 0.25) is 0 Å². The molecule has 3 aromatic heterocycles. The molecule has 0 unspecified atom stereocenters. The van der Waals surface area contributed by atoms with Gasteiger partial charge in [0.25, 0.3) is 0 Å². The number of fused-ring (bicyclic) bond motifs is 6. The third kappa shape index (κ3) is 5.11. The zero-order chi connectivity index (χ0) is 39.3. The summed E-state index contributed by atoms with van der Waals surface area (Å²) in [6.45, 7) is 4.65. The largest absolute Gasteiger partial charge is 0.304 e. The quantitative estimate of drug-likeness (QED) is 0.167. The minimum Gasteiger partial charge on any atom is -0.304 e. The van der Waals surface area contributed by atoms with Gasteiger partial charge >= 0.3 is 0 Å². The number of benzene rings is 7. The van der Waals surface area contributed by atoms with Crippen LogP contribution in [0.25, 0.3) is 77.6 Å². The maximum absolute atomic E-state index is 5.02. The molecule has 11 rings (SSSR count). The number of hydrogen-bond acceptors (Lipinski definition) is 7. The van der Waals surface area contributed by atoms with Crippen molar-refractivity contribution in [1.29, 1.82) is 0 Å². The fourth-order valence-corrected chi connectivity index (χ4v) is 8.93. The zero-order valence-electron chi connectivity index (χ0n) is 32.8. The Morgan fingerprint density at radius 1 is 0.379 bits per heavy atom. The highest BCUT2D eigenvalue weighted by Crippen LogP contribution is 2.50. The first kappa shape index (κ1) is 33.8. The van der Waals surface area contributed by atoms with Gasteiger partial charge in [-0.05, 0) is 87.0 Å². The van der Waals surface area contributed by atoms with E-state index in [0.717, 1.165) is 72.4 Å². The number of anilines is 3. The molecule has 1 aliphatic carbocycles. The van der Waals surface area contributed by atoms with Crippen molar-refractivity contribution in [2.24, 2.45) is 21.1 Å². The van der Waals surface area contributed by atoms with E-state index >= 15 is 0 Å². The minimum absolute atomic E-state index is 0.0590. The summed E-state index contributed by atoms with van der Waals surface area (Å²) in [4.78, 5) is 7.07. The number of rotatable bonds is 6. The van der Waals surface area contributed by atoms with Crippen molar-refractivity contribution in [3.05, 3.63) is 151 Å². The molecule has 0 aliphatic heterocycles. The second-order valence-corrected chi connectivity index (χ2v) is 15.6. The first-order chi connectivity index (χ1) is 28.2. The zero-order valence-corrected chi connectivity index (χ0v) is 32.8. The molecule has 280 valence electrons. The van der Waals surface area contributed by atoms with E-state index in [0.29, 0.717) is 0 Å². The van der Waals surface area contributed by atoms with Crippen LogP contribution in [0.1, 0.15) is 25.0 Å². The van der Waals surface area contributed by atoms with Crippen LogP contribution in [0.5, 0.6) is 0 Å². The van der Waals surface area contributed by atoms with E-state index in [1.807, 2.05) is 51.5 Å². The summed E-state index contributed by atoms with van der Waals surface area (Å²) in [5, 5.41) is 29.3. The lowest BCUT2D eigenvalue weighted by molar-refractivity contribution is 0.660. The second kappa shape index (κ2) is 12.5. The molecule has 0 saturated heterocycles. The molecule has 0 atom stereocenters. The average Bonchev–Trinajstić information content (AvgIpc) is 4.00. The molecule has 0 bridgehead atoms. The van der Waals surface area contributed by atoms with Crippen LogP contribution in [-0.4, -0.2) is 45.0 Å². The van der Waals surface area contributed by atoms with Crippen LogP contribution in [0, 0.1) is 0 Å². The van der Waals surface area contributed by atoms with Gasteiger partial charge in [-0.3, -0.25) is 0 Å². The predicted octanol–water partition coefficient (Wildman–Crippen LogP) is 10.3. The van der Waals surface area contributed by atoms with Crippen molar-refractivity contribution in [2.45, 2.75) is 19.3 Å². The lowest BCUT2D eigenvalue weighted by Crippen LogP contribution is -2.14. The summed E-state index contributed by atoms with van der Waals surface area (Å²) in [5.41, 5.74) is 19.0. The fraction of sp³-hybridized carbons (Fsp3) is 0.125.